The van der Waals surface area contributed by atoms with Gasteiger partial charge in [0, 0.05) is 19.0 Å². The van der Waals surface area contributed by atoms with E-state index in [4.69, 9.17) is 6.42 Å². The van der Waals surface area contributed by atoms with E-state index in [-0.39, 0.29) is 5.41 Å². The summed E-state index contributed by atoms with van der Waals surface area (Å²) >= 11 is 0. The largest absolute Gasteiger partial charge is 0.508 e. The van der Waals surface area contributed by atoms with Crippen LogP contribution < -0.4 is 0 Å². The summed E-state index contributed by atoms with van der Waals surface area (Å²) in [5, 5.41) is 9.82. The van der Waals surface area contributed by atoms with Crippen LogP contribution in [0, 0.1) is 18.3 Å². The van der Waals surface area contributed by atoms with Gasteiger partial charge in [-0.05, 0) is 54.0 Å². The molecule has 1 aromatic carbocycles. The topological polar surface area (TPSA) is 23.5 Å². The van der Waals surface area contributed by atoms with Gasteiger partial charge in [-0.15, -0.1) is 12.3 Å². The molecule has 2 nitrogen and oxygen atoms in total. The highest BCUT2D eigenvalue weighted by Gasteiger charge is 2.48. The number of phenols is 1. The van der Waals surface area contributed by atoms with Crippen LogP contribution >= 0.6 is 0 Å². The number of nitrogens with zero attached hydrogens (tertiary/aromatic N) is 1. The Balaban J connectivity index is 1.98. The molecule has 2 heteroatoms. The highest BCUT2D eigenvalue weighted by atomic mass is 16.3. The van der Waals surface area contributed by atoms with Crippen LogP contribution in [0.2, 0.25) is 0 Å². The third-order valence-corrected chi connectivity index (χ3v) is 5.65. The average molecular weight is 269 g/mol. The van der Waals surface area contributed by atoms with Crippen LogP contribution in [0.15, 0.2) is 18.2 Å². The zero-order valence-corrected chi connectivity index (χ0v) is 12.4. The number of piperidine rings is 1. The number of hydrogen-bond donors (Lipinski definition) is 1. The minimum absolute atomic E-state index is 0.184. The summed E-state index contributed by atoms with van der Waals surface area (Å²) in [5.74, 6) is 3.76. The van der Waals surface area contributed by atoms with Gasteiger partial charge in [0.05, 0.1) is 0 Å². The molecule has 1 heterocycles. The number of phenolic OH excluding ortho intramolecular Hbond substituents is 1. The lowest BCUT2D eigenvalue weighted by molar-refractivity contribution is 0.0330. The van der Waals surface area contributed by atoms with Crippen molar-refractivity contribution in [1.29, 1.82) is 0 Å². The van der Waals surface area contributed by atoms with Crippen LogP contribution in [0.1, 0.15) is 37.8 Å². The Kier molecular flexibility index (Phi) is 3.26. The molecule has 1 saturated heterocycles. The molecule has 1 fully saturated rings. The maximum atomic E-state index is 9.82. The lowest BCUT2D eigenvalue weighted by Gasteiger charge is -2.54. The smallest absolute Gasteiger partial charge is 0.115 e. The number of hydrogen-bond acceptors (Lipinski definition) is 2. The molecule has 1 aliphatic carbocycles. The van der Waals surface area contributed by atoms with Gasteiger partial charge in [0.25, 0.3) is 0 Å². The van der Waals surface area contributed by atoms with Crippen molar-refractivity contribution < 1.29 is 5.11 Å². The average Bonchev–Trinajstić information content (AvgIpc) is 2.43. The lowest BCUT2D eigenvalue weighted by Crippen LogP contribution is -2.58. The molecule has 0 saturated carbocycles. The fourth-order valence-electron chi connectivity index (χ4n) is 4.18. The van der Waals surface area contributed by atoms with Crippen LogP contribution in [0.25, 0.3) is 0 Å². The standard InChI is InChI=1S/C18H23NO/c1-4-5-9-19-10-8-18(3)13(2)17(19)11-14-6-7-15(20)12-16(14)18/h1,6-7,12-13,17,20H,5,8-11H2,2-3H3/t13-,17+,18+/m1/s1. The van der Waals surface area contributed by atoms with Gasteiger partial charge in [-0.2, -0.15) is 0 Å². The van der Waals surface area contributed by atoms with Gasteiger partial charge in [-0.25, -0.2) is 0 Å². The number of rotatable bonds is 2. The minimum atomic E-state index is 0.184. The maximum Gasteiger partial charge on any atom is 0.115 e. The molecule has 2 aliphatic rings. The number of fused-ring (bicyclic) bond motifs is 4. The van der Waals surface area contributed by atoms with Gasteiger partial charge < -0.3 is 5.11 Å². The summed E-state index contributed by atoms with van der Waals surface area (Å²) in [6.45, 7) is 6.84. The van der Waals surface area contributed by atoms with Crippen LogP contribution in [0.3, 0.4) is 0 Å². The fraction of sp³-hybridized carbons (Fsp3) is 0.556. The van der Waals surface area contributed by atoms with Crippen molar-refractivity contribution in [3.8, 4) is 18.1 Å². The van der Waals surface area contributed by atoms with E-state index in [1.54, 1.807) is 0 Å². The third-order valence-electron chi connectivity index (χ3n) is 5.65. The Hall–Kier alpha value is -1.46. The molecule has 1 aromatic rings. The Morgan fingerprint density at radius 1 is 1.50 bits per heavy atom. The molecule has 3 atom stereocenters. The number of likely N-dealkylation sites (tertiary alicyclic amines) is 1. The maximum absolute atomic E-state index is 9.82. The SMILES string of the molecule is C#CCCN1CC[C@]2(C)c3cc(O)ccc3C[C@H]1[C@H]2C. The zero-order valence-electron chi connectivity index (χ0n) is 12.4. The molecular weight excluding hydrogens is 246 g/mol. The lowest BCUT2D eigenvalue weighted by atomic mass is 9.59. The number of aromatic hydroxyl groups is 1. The Morgan fingerprint density at radius 2 is 2.30 bits per heavy atom. The highest BCUT2D eigenvalue weighted by Crippen LogP contribution is 2.49. The first-order valence-corrected chi connectivity index (χ1v) is 7.56. The molecule has 1 aliphatic heterocycles. The second-order valence-corrected chi connectivity index (χ2v) is 6.56. The molecule has 3 rings (SSSR count). The van der Waals surface area contributed by atoms with E-state index in [2.05, 4.69) is 30.7 Å². The van der Waals surface area contributed by atoms with Crippen molar-refractivity contribution in [1.82, 2.24) is 4.90 Å². The van der Waals surface area contributed by atoms with E-state index in [1.165, 1.54) is 11.1 Å². The van der Waals surface area contributed by atoms with Crippen LogP contribution in [0.4, 0.5) is 0 Å². The Labute approximate surface area is 121 Å². The monoisotopic (exact) mass is 269 g/mol. The molecule has 1 N–H and O–H groups in total. The minimum Gasteiger partial charge on any atom is -0.508 e. The summed E-state index contributed by atoms with van der Waals surface area (Å²) in [7, 11) is 0. The van der Waals surface area contributed by atoms with Gasteiger partial charge in [0.15, 0.2) is 0 Å². The third kappa shape index (κ3) is 1.93. The van der Waals surface area contributed by atoms with E-state index in [0.717, 1.165) is 32.4 Å². The van der Waals surface area contributed by atoms with E-state index in [0.29, 0.717) is 17.7 Å². The quantitative estimate of drug-likeness (QED) is 0.834. The number of terminal acetylenes is 1. The molecule has 0 amide bonds. The normalized spacial score (nSPS) is 32.5. The summed E-state index contributed by atoms with van der Waals surface area (Å²) in [4.78, 5) is 2.57. The Morgan fingerprint density at radius 3 is 3.05 bits per heavy atom. The van der Waals surface area contributed by atoms with Crippen LogP contribution in [-0.2, 0) is 11.8 Å². The number of benzene rings is 1. The van der Waals surface area contributed by atoms with Crippen molar-refractivity contribution in [3.05, 3.63) is 29.3 Å². The Bertz CT molecular complexity index is 559. The van der Waals surface area contributed by atoms with E-state index in [9.17, 15) is 5.11 Å². The fourth-order valence-corrected chi connectivity index (χ4v) is 4.18. The first kappa shape index (κ1) is 13.5. The first-order chi connectivity index (χ1) is 9.56. The van der Waals surface area contributed by atoms with Crippen LogP contribution in [0.5, 0.6) is 5.75 Å². The van der Waals surface area contributed by atoms with Gasteiger partial charge >= 0.3 is 0 Å². The predicted molar refractivity (Wildman–Crippen MR) is 81.8 cm³/mol. The van der Waals surface area contributed by atoms with E-state index in [1.807, 2.05) is 12.1 Å². The zero-order chi connectivity index (χ0) is 14.3. The molecule has 0 radical (unpaired) electrons. The summed E-state index contributed by atoms with van der Waals surface area (Å²) in [6.07, 6.45) is 8.48. The first-order valence-electron chi connectivity index (χ1n) is 7.56. The van der Waals surface area contributed by atoms with Crippen molar-refractivity contribution in [2.24, 2.45) is 5.92 Å². The molecule has 20 heavy (non-hydrogen) atoms. The highest BCUT2D eigenvalue weighted by molar-refractivity contribution is 5.44. The molecule has 0 aromatic heterocycles. The van der Waals surface area contributed by atoms with Gasteiger partial charge in [0.2, 0.25) is 0 Å². The molecule has 0 spiro atoms. The second-order valence-electron chi connectivity index (χ2n) is 6.56. The van der Waals surface area contributed by atoms with Crippen molar-refractivity contribution in [3.63, 3.8) is 0 Å². The molecule has 2 bridgehead atoms. The van der Waals surface area contributed by atoms with Crippen molar-refractivity contribution in [2.75, 3.05) is 13.1 Å². The van der Waals surface area contributed by atoms with Gasteiger partial charge in [0.1, 0.15) is 5.75 Å². The summed E-state index contributed by atoms with van der Waals surface area (Å²) in [6, 6.07) is 6.49. The molecular formula is C18H23NO. The summed E-state index contributed by atoms with van der Waals surface area (Å²) < 4.78 is 0. The summed E-state index contributed by atoms with van der Waals surface area (Å²) in [5.41, 5.74) is 2.94. The van der Waals surface area contributed by atoms with Crippen molar-refractivity contribution >= 4 is 0 Å². The van der Waals surface area contributed by atoms with Gasteiger partial charge in [-0.3, -0.25) is 4.90 Å². The molecule has 106 valence electrons. The second kappa shape index (κ2) is 4.82. The van der Waals surface area contributed by atoms with Crippen LogP contribution in [-0.4, -0.2) is 29.1 Å². The van der Waals surface area contributed by atoms with Crippen molar-refractivity contribution in [2.45, 2.75) is 44.6 Å². The van der Waals surface area contributed by atoms with E-state index >= 15 is 0 Å². The van der Waals surface area contributed by atoms with Gasteiger partial charge in [-0.1, -0.05) is 19.9 Å². The predicted octanol–water partition coefficient (Wildman–Crippen LogP) is 2.94. The van der Waals surface area contributed by atoms with E-state index < -0.39 is 0 Å². The molecule has 0 unspecified atom stereocenters.